The Balaban J connectivity index is 1.19. The van der Waals surface area contributed by atoms with Gasteiger partial charge in [-0.3, -0.25) is 0 Å². The molecule has 10 rings (SSSR count). The normalized spacial score (nSPS) is 14.3. The van der Waals surface area contributed by atoms with E-state index in [1.807, 2.05) is 12.1 Å². The molecule has 0 amide bonds. The van der Waals surface area contributed by atoms with E-state index in [2.05, 4.69) is 184 Å². The van der Waals surface area contributed by atoms with E-state index in [1.54, 1.807) is 0 Å². The third kappa shape index (κ3) is 4.44. The van der Waals surface area contributed by atoms with Crippen molar-refractivity contribution in [3.8, 4) is 56.2 Å². The van der Waals surface area contributed by atoms with Gasteiger partial charge in [0.15, 0.2) is 5.82 Å². The molecule has 1 heterocycles. The fourth-order valence-electron chi connectivity index (χ4n) is 8.93. The van der Waals surface area contributed by atoms with Crippen LogP contribution < -0.4 is 0 Å². The minimum atomic E-state index is -0.417. The number of benzene rings is 7. The molecule has 1 aromatic heterocycles. The Hall–Kier alpha value is -6.38. The summed E-state index contributed by atoms with van der Waals surface area (Å²) in [6.07, 6.45) is 0. The summed E-state index contributed by atoms with van der Waals surface area (Å²) in [5, 5.41) is 0. The maximum Gasteiger partial charge on any atom is 0.160 e. The lowest BCUT2D eigenvalue weighted by atomic mass is 9.55. The van der Waals surface area contributed by atoms with Crippen molar-refractivity contribution in [1.82, 2.24) is 9.97 Å². The Kier molecular flexibility index (Phi) is 6.78. The average Bonchev–Trinajstić information content (AvgIpc) is 3.51. The Morgan fingerprint density at radius 2 is 0.769 bits per heavy atom. The lowest BCUT2D eigenvalue weighted by Crippen LogP contribution is -2.40. The molecule has 2 aliphatic rings. The summed E-state index contributed by atoms with van der Waals surface area (Å²) in [5.74, 6) is 0.716. The quantitative estimate of drug-likeness (QED) is 0.187. The largest absolute Gasteiger partial charge is 0.228 e. The molecule has 2 heteroatoms. The van der Waals surface area contributed by atoms with E-state index in [9.17, 15) is 0 Å². The van der Waals surface area contributed by atoms with Crippen LogP contribution in [0, 0.1) is 0 Å². The van der Waals surface area contributed by atoms with E-state index in [0.717, 1.165) is 28.1 Å². The van der Waals surface area contributed by atoms with Gasteiger partial charge in [0.1, 0.15) is 0 Å². The topological polar surface area (TPSA) is 25.8 Å². The SMILES string of the molecule is CC1(C)c2ccccc2C2(c3ccccc3-c3ccccc32)c2ccc(-c3cc(-c4ccccc4)nc(-c4ccc(-c5ccccc5)cc4)n3)cc21. The van der Waals surface area contributed by atoms with Gasteiger partial charge in [-0.15, -0.1) is 0 Å². The Labute approximate surface area is 305 Å². The van der Waals surface area contributed by atoms with E-state index in [1.165, 1.54) is 55.6 Å². The molecule has 0 bridgehead atoms. The van der Waals surface area contributed by atoms with E-state index < -0.39 is 5.41 Å². The van der Waals surface area contributed by atoms with Crippen molar-refractivity contribution in [3.63, 3.8) is 0 Å². The highest BCUT2D eigenvalue weighted by Gasteiger charge is 2.53. The van der Waals surface area contributed by atoms with E-state index in [-0.39, 0.29) is 5.41 Å². The van der Waals surface area contributed by atoms with Crippen molar-refractivity contribution in [3.05, 3.63) is 215 Å². The lowest BCUT2D eigenvalue weighted by Gasteiger charge is -2.46. The highest BCUT2D eigenvalue weighted by Crippen LogP contribution is 2.62. The van der Waals surface area contributed by atoms with Crippen LogP contribution in [0.1, 0.15) is 47.2 Å². The lowest BCUT2D eigenvalue weighted by molar-refractivity contribution is 0.563. The number of hydrogen-bond donors (Lipinski definition) is 0. The molecule has 1 spiro atoms. The minimum Gasteiger partial charge on any atom is -0.228 e. The fourth-order valence-corrected chi connectivity index (χ4v) is 8.93. The van der Waals surface area contributed by atoms with Gasteiger partial charge in [-0.25, -0.2) is 9.97 Å². The van der Waals surface area contributed by atoms with E-state index >= 15 is 0 Å². The summed E-state index contributed by atoms with van der Waals surface area (Å²) < 4.78 is 0. The monoisotopic (exact) mass is 664 g/mol. The standard InChI is InChI=1S/C50H36N2/c1-49(2)42-23-13-14-24-43(42)50(40-21-11-9-19-38(40)39-20-10-12-22-41(39)50)44-30-29-37(31-45(44)49)47-32-46(35-17-7-4-8-18-35)51-48(52-47)36-27-25-34(26-28-36)33-15-5-3-6-16-33/h3-32H,1-2H3. The van der Waals surface area contributed by atoms with Gasteiger partial charge in [-0.1, -0.05) is 184 Å². The molecule has 0 fully saturated rings. The Morgan fingerprint density at radius 1 is 0.327 bits per heavy atom. The van der Waals surface area contributed by atoms with Gasteiger partial charge >= 0.3 is 0 Å². The maximum atomic E-state index is 5.29. The van der Waals surface area contributed by atoms with Crippen LogP contribution in [-0.4, -0.2) is 9.97 Å². The molecule has 8 aromatic rings. The first-order chi connectivity index (χ1) is 25.5. The second kappa shape index (κ2) is 11.6. The minimum absolute atomic E-state index is 0.245. The van der Waals surface area contributed by atoms with Crippen LogP contribution in [0.25, 0.3) is 56.2 Å². The molecule has 0 N–H and O–H groups in total. The molecule has 0 saturated carbocycles. The number of rotatable bonds is 4. The smallest absolute Gasteiger partial charge is 0.160 e. The highest BCUT2D eigenvalue weighted by molar-refractivity contribution is 5.89. The molecule has 0 saturated heterocycles. The molecule has 2 aliphatic carbocycles. The van der Waals surface area contributed by atoms with Crippen LogP contribution in [-0.2, 0) is 10.8 Å². The molecule has 7 aromatic carbocycles. The molecule has 2 nitrogen and oxygen atoms in total. The first-order valence-electron chi connectivity index (χ1n) is 18.1. The molecule has 246 valence electrons. The summed E-state index contributed by atoms with van der Waals surface area (Å²) in [5.41, 5.74) is 17.4. The average molecular weight is 665 g/mol. The summed E-state index contributed by atoms with van der Waals surface area (Å²) in [6.45, 7) is 4.76. The molecule has 0 unspecified atom stereocenters. The van der Waals surface area contributed by atoms with Crippen molar-refractivity contribution in [2.75, 3.05) is 0 Å². The van der Waals surface area contributed by atoms with Crippen LogP contribution in [0.3, 0.4) is 0 Å². The number of aromatic nitrogens is 2. The van der Waals surface area contributed by atoms with E-state index in [0.29, 0.717) is 5.82 Å². The third-order valence-corrected chi connectivity index (χ3v) is 11.4. The zero-order valence-electron chi connectivity index (χ0n) is 29.2. The van der Waals surface area contributed by atoms with Crippen LogP contribution in [0.5, 0.6) is 0 Å². The van der Waals surface area contributed by atoms with E-state index in [4.69, 9.17) is 9.97 Å². The molecule has 0 radical (unpaired) electrons. The van der Waals surface area contributed by atoms with Gasteiger partial charge in [0.2, 0.25) is 0 Å². The number of fused-ring (bicyclic) bond motifs is 9. The molecule has 0 aliphatic heterocycles. The summed E-state index contributed by atoms with van der Waals surface area (Å²) in [6, 6.07) is 65.9. The van der Waals surface area contributed by atoms with Crippen molar-refractivity contribution in [1.29, 1.82) is 0 Å². The van der Waals surface area contributed by atoms with Gasteiger partial charge in [0.05, 0.1) is 16.8 Å². The Morgan fingerprint density at radius 3 is 1.40 bits per heavy atom. The maximum absolute atomic E-state index is 5.29. The van der Waals surface area contributed by atoms with Crippen molar-refractivity contribution in [2.24, 2.45) is 0 Å². The van der Waals surface area contributed by atoms with Gasteiger partial charge in [-0.2, -0.15) is 0 Å². The van der Waals surface area contributed by atoms with Gasteiger partial charge in [0.25, 0.3) is 0 Å². The molecular weight excluding hydrogens is 629 g/mol. The highest BCUT2D eigenvalue weighted by atomic mass is 14.9. The van der Waals surface area contributed by atoms with Crippen LogP contribution >= 0.6 is 0 Å². The zero-order valence-corrected chi connectivity index (χ0v) is 29.2. The third-order valence-electron chi connectivity index (χ3n) is 11.4. The van der Waals surface area contributed by atoms with Crippen molar-refractivity contribution >= 4 is 0 Å². The van der Waals surface area contributed by atoms with Crippen LogP contribution in [0.4, 0.5) is 0 Å². The van der Waals surface area contributed by atoms with Crippen molar-refractivity contribution < 1.29 is 0 Å². The fraction of sp³-hybridized carbons (Fsp3) is 0.0800. The second-order valence-corrected chi connectivity index (χ2v) is 14.5. The first kappa shape index (κ1) is 30.4. The summed E-state index contributed by atoms with van der Waals surface area (Å²) >= 11 is 0. The predicted octanol–water partition coefficient (Wildman–Crippen LogP) is 12.1. The van der Waals surface area contributed by atoms with Gasteiger partial charge < -0.3 is 0 Å². The van der Waals surface area contributed by atoms with Crippen LogP contribution in [0.2, 0.25) is 0 Å². The molecule has 0 atom stereocenters. The van der Waals surface area contributed by atoms with Crippen molar-refractivity contribution in [2.45, 2.75) is 24.7 Å². The van der Waals surface area contributed by atoms with Gasteiger partial charge in [-0.05, 0) is 67.8 Å². The number of hydrogen-bond acceptors (Lipinski definition) is 2. The second-order valence-electron chi connectivity index (χ2n) is 14.5. The molecule has 52 heavy (non-hydrogen) atoms. The number of nitrogens with zero attached hydrogens (tertiary/aromatic N) is 2. The van der Waals surface area contributed by atoms with Crippen LogP contribution in [0.15, 0.2) is 182 Å². The Bertz CT molecular complexity index is 2590. The summed E-state index contributed by atoms with van der Waals surface area (Å²) in [7, 11) is 0. The zero-order chi connectivity index (χ0) is 34.9. The first-order valence-corrected chi connectivity index (χ1v) is 18.1. The summed E-state index contributed by atoms with van der Waals surface area (Å²) in [4.78, 5) is 10.4. The van der Waals surface area contributed by atoms with Gasteiger partial charge in [0, 0.05) is 22.1 Å². The molecular formula is C50H36N2. The predicted molar refractivity (Wildman–Crippen MR) is 213 cm³/mol.